The lowest BCUT2D eigenvalue weighted by molar-refractivity contribution is 0.0384. The number of aryl methyl sites for hydroxylation is 1. The van der Waals surface area contributed by atoms with Gasteiger partial charge >= 0.3 is 6.09 Å². The molecule has 0 fully saturated rings. The number of pyridine rings is 1. The number of nitrogens with zero attached hydrogens (tertiary/aromatic N) is 5. The van der Waals surface area contributed by atoms with Crippen LogP contribution in [0.25, 0.3) is 31.8 Å². The molecular formula is C28H25ClN6O5S. The Balaban J connectivity index is 1.20. The molecule has 0 bridgehead atoms. The van der Waals surface area contributed by atoms with E-state index >= 15 is 0 Å². The zero-order valence-corrected chi connectivity index (χ0v) is 24.2. The maximum Gasteiger partial charge on any atom is 0.411 e. The van der Waals surface area contributed by atoms with Crippen LogP contribution in [0.5, 0.6) is 17.4 Å². The van der Waals surface area contributed by atoms with Gasteiger partial charge in [-0.05, 0) is 36.8 Å². The van der Waals surface area contributed by atoms with E-state index in [0.29, 0.717) is 44.6 Å². The minimum absolute atomic E-state index is 0.0184. The fourth-order valence-electron chi connectivity index (χ4n) is 4.36. The summed E-state index contributed by atoms with van der Waals surface area (Å²) in [5.41, 5.74) is 4.39. The van der Waals surface area contributed by atoms with Crippen LogP contribution in [0, 0.1) is 6.92 Å². The third-order valence-corrected chi connectivity index (χ3v) is 7.69. The maximum absolute atomic E-state index is 12.3. The van der Waals surface area contributed by atoms with Crippen LogP contribution in [-0.2, 0) is 4.74 Å². The first-order valence-corrected chi connectivity index (χ1v) is 13.8. The van der Waals surface area contributed by atoms with Gasteiger partial charge in [0.05, 0.1) is 41.2 Å². The molecule has 0 saturated heterocycles. The normalized spacial score (nSPS) is 14.2. The van der Waals surface area contributed by atoms with E-state index in [2.05, 4.69) is 20.3 Å². The molecule has 1 amide bonds. The molecule has 1 aliphatic heterocycles. The number of hydrogen-bond donors (Lipinski definition) is 1. The topological polar surface area (TPSA) is 121 Å². The molecule has 2 aromatic carbocycles. The lowest BCUT2D eigenvalue weighted by atomic mass is 10.1. The van der Waals surface area contributed by atoms with Crippen molar-refractivity contribution in [2.45, 2.75) is 13.0 Å². The summed E-state index contributed by atoms with van der Waals surface area (Å²) in [6, 6.07) is 9.19. The Morgan fingerprint density at radius 3 is 2.78 bits per heavy atom. The number of halogens is 1. The third kappa shape index (κ3) is 5.35. The summed E-state index contributed by atoms with van der Waals surface area (Å²) >= 11 is 8.07. The van der Waals surface area contributed by atoms with Crippen molar-refractivity contribution in [3.63, 3.8) is 0 Å². The lowest BCUT2D eigenvalue weighted by Gasteiger charge is -2.26. The molecule has 6 rings (SSSR count). The molecule has 1 N–H and O–H groups in total. The van der Waals surface area contributed by atoms with Crippen LogP contribution >= 0.6 is 22.9 Å². The molecule has 1 atom stereocenters. The van der Waals surface area contributed by atoms with Gasteiger partial charge in [-0.1, -0.05) is 11.6 Å². The number of benzene rings is 2. The minimum atomic E-state index is -0.620. The number of nitrogens with one attached hydrogen (secondary N) is 1. The van der Waals surface area contributed by atoms with Gasteiger partial charge in [-0.3, -0.25) is 5.32 Å². The van der Waals surface area contributed by atoms with Crippen molar-refractivity contribution >= 4 is 61.8 Å². The highest BCUT2D eigenvalue weighted by Crippen LogP contribution is 2.47. The summed E-state index contributed by atoms with van der Waals surface area (Å²) in [5, 5.41) is 3.80. The van der Waals surface area contributed by atoms with E-state index in [0.717, 1.165) is 26.7 Å². The number of carbonyl (C=O) groups excluding carboxylic acids is 1. The van der Waals surface area contributed by atoms with E-state index < -0.39 is 12.2 Å². The second kappa shape index (κ2) is 10.9. The Hall–Kier alpha value is -4.42. The van der Waals surface area contributed by atoms with Crippen molar-refractivity contribution < 1.29 is 23.7 Å². The van der Waals surface area contributed by atoms with Crippen LogP contribution in [0.2, 0.25) is 5.02 Å². The molecule has 3 aromatic heterocycles. The van der Waals surface area contributed by atoms with Crippen LogP contribution in [0.3, 0.4) is 0 Å². The zero-order chi connectivity index (χ0) is 28.7. The Kier molecular flexibility index (Phi) is 7.10. The van der Waals surface area contributed by atoms with Gasteiger partial charge in [0.15, 0.2) is 17.6 Å². The van der Waals surface area contributed by atoms with Crippen LogP contribution in [0.1, 0.15) is 5.56 Å². The average molecular weight is 593 g/mol. The fraction of sp³-hybridized carbons (Fsp3) is 0.250. The smallest absolute Gasteiger partial charge is 0.411 e. The first kappa shape index (κ1) is 26.8. The number of fused-ring (bicyclic) bond motifs is 4. The molecule has 5 aromatic rings. The third-order valence-electron chi connectivity index (χ3n) is 6.31. The van der Waals surface area contributed by atoms with E-state index in [-0.39, 0.29) is 13.2 Å². The minimum Gasteiger partial charge on any atom is -0.484 e. The maximum atomic E-state index is 12.3. The molecule has 0 saturated carbocycles. The summed E-state index contributed by atoms with van der Waals surface area (Å²) in [7, 11) is 5.33. The fourth-order valence-corrected chi connectivity index (χ4v) is 5.76. The summed E-state index contributed by atoms with van der Waals surface area (Å²) in [6.07, 6.45) is 2.01. The van der Waals surface area contributed by atoms with Gasteiger partial charge in [0.1, 0.15) is 34.3 Å². The highest BCUT2D eigenvalue weighted by atomic mass is 35.5. The van der Waals surface area contributed by atoms with Crippen LogP contribution in [0.4, 0.5) is 16.3 Å². The summed E-state index contributed by atoms with van der Waals surface area (Å²) in [6.45, 7) is 2.15. The van der Waals surface area contributed by atoms with E-state index in [1.54, 1.807) is 37.7 Å². The van der Waals surface area contributed by atoms with Crippen LogP contribution < -0.4 is 24.4 Å². The van der Waals surface area contributed by atoms with Crippen LogP contribution in [-0.4, -0.2) is 66.6 Å². The molecule has 0 radical (unpaired) electrons. The molecular weight excluding hydrogens is 568 g/mol. The van der Waals surface area contributed by atoms with Gasteiger partial charge in [0.2, 0.25) is 5.88 Å². The lowest BCUT2D eigenvalue weighted by Crippen LogP contribution is -2.35. The molecule has 4 heterocycles. The van der Waals surface area contributed by atoms with Crippen molar-refractivity contribution in [1.29, 1.82) is 0 Å². The Bertz CT molecular complexity index is 1780. The molecule has 0 aliphatic carbocycles. The van der Waals surface area contributed by atoms with Gasteiger partial charge < -0.3 is 23.8 Å². The van der Waals surface area contributed by atoms with Crippen molar-refractivity contribution in [3.05, 3.63) is 53.3 Å². The van der Waals surface area contributed by atoms with E-state index in [1.807, 2.05) is 38.1 Å². The number of anilines is 2. The molecule has 210 valence electrons. The van der Waals surface area contributed by atoms with E-state index in [4.69, 9.17) is 35.5 Å². The number of ether oxygens (including phenoxy) is 4. The first-order valence-electron chi connectivity index (χ1n) is 12.6. The standard InChI is InChI=1S/C28H25ClN6O5S/c1-14-7-17(23-19(8-14)33-22(37-4)11-31-23)27-34-24-18(29)9-20-25(26(24)41-27)38-12-16(40-20)13-39-28(36)32-15-5-6-21(30-10-15)35(2)3/h5-11,16H,12-13H2,1-4H3,(H,32,36)/t16-/m1/s1. The number of thiazole rings is 1. The molecule has 13 heteroatoms. The second-order valence-corrected chi connectivity index (χ2v) is 11.0. The van der Waals surface area contributed by atoms with Crippen LogP contribution in [0.15, 0.2) is 42.7 Å². The number of carbonyl (C=O) groups is 1. The molecule has 1 aliphatic rings. The van der Waals surface area contributed by atoms with Gasteiger partial charge in [0.25, 0.3) is 0 Å². The highest BCUT2D eigenvalue weighted by molar-refractivity contribution is 7.22. The number of rotatable bonds is 6. The number of aromatic nitrogens is 4. The molecule has 0 unspecified atom stereocenters. The van der Waals surface area contributed by atoms with Crippen molar-refractivity contribution in [3.8, 4) is 28.0 Å². The monoisotopic (exact) mass is 592 g/mol. The predicted octanol–water partition coefficient (Wildman–Crippen LogP) is 5.73. The Morgan fingerprint density at radius 1 is 1.17 bits per heavy atom. The highest BCUT2D eigenvalue weighted by Gasteiger charge is 2.28. The SMILES string of the molecule is COc1cnc2c(-c3nc4c(Cl)cc5c(c4s3)OC[C@H](COC(=O)Nc3ccc(N(C)C)nc3)O5)cc(C)cc2n1. The second-order valence-electron chi connectivity index (χ2n) is 9.55. The van der Waals surface area contributed by atoms with Gasteiger partial charge in [-0.2, -0.15) is 0 Å². The first-order chi connectivity index (χ1) is 19.8. The van der Waals surface area contributed by atoms with Gasteiger partial charge in [0, 0.05) is 25.7 Å². The van der Waals surface area contributed by atoms with Gasteiger partial charge in [-0.15, -0.1) is 11.3 Å². The molecule has 11 nitrogen and oxygen atoms in total. The van der Waals surface area contributed by atoms with Crippen molar-refractivity contribution in [1.82, 2.24) is 19.9 Å². The average Bonchev–Trinajstić information content (AvgIpc) is 3.42. The van der Waals surface area contributed by atoms with E-state index in [9.17, 15) is 4.79 Å². The summed E-state index contributed by atoms with van der Waals surface area (Å²) in [5.74, 6) is 2.22. The largest absolute Gasteiger partial charge is 0.484 e. The predicted molar refractivity (Wildman–Crippen MR) is 158 cm³/mol. The quantitative estimate of drug-likeness (QED) is 0.262. The summed E-state index contributed by atoms with van der Waals surface area (Å²) in [4.78, 5) is 32.4. The molecule has 41 heavy (non-hydrogen) atoms. The number of hydrogen-bond acceptors (Lipinski definition) is 11. The number of methoxy groups -OCH3 is 1. The Labute approximate surface area is 244 Å². The molecule has 0 spiro atoms. The van der Waals surface area contributed by atoms with Gasteiger partial charge in [-0.25, -0.2) is 24.7 Å². The van der Waals surface area contributed by atoms with Crippen molar-refractivity contribution in [2.24, 2.45) is 0 Å². The number of amides is 1. The zero-order valence-electron chi connectivity index (χ0n) is 22.6. The Morgan fingerprint density at radius 2 is 2.02 bits per heavy atom. The van der Waals surface area contributed by atoms with Crippen molar-refractivity contribution in [2.75, 3.05) is 44.6 Å². The van der Waals surface area contributed by atoms with E-state index in [1.165, 1.54) is 11.3 Å². The summed E-state index contributed by atoms with van der Waals surface area (Å²) < 4.78 is 23.6.